The molecule has 33 heavy (non-hydrogen) atoms. The van der Waals surface area contributed by atoms with Gasteiger partial charge in [0.15, 0.2) is 0 Å². The van der Waals surface area contributed by atoms with Gasteiger partial charge in [-0.15, -0.1) is 0 Å². The number of aromatic nitrogens is 2. The summed E-state index contributed by atoms with van der Waals surface area (Å²) in [5.74, 6) is -0.0145. The zero-order chi connectivity index (χ0) is 23.4. The van der Waals surface area contributed by atoms with Crippen LogP contribution in [0.3, 0.4) is 0 Å². The van der Waals surface area contributed by atoms with E-state index in [4.69, 9.17) is 5.10 Å². The van der Waals surface area contributed by atoms with Gasteiger partial charge in [-0.3, -0.25) is 4.79 Å². The summed E-state index contributed by atoms with van der Waals surface area (Å²) in [6.45, 7) is 6.36. The van der Waals surface area contributed by atoms with Crippen molar-refractivity contribution in [2.45, 2.75) is 39.7 Å². The second-order valence-corrected chi connectivity index (χ2v) is 8.50. The van der Waals surface area contributed by atoms with Gasteiger partial charge in [0.05, 0.1) is 17.4 Å². The number of aryl methyl sites for hydroxylation is 1. The van der Waals surface area contributed by atoms with E-state index in [2.05, 4.69) is 45.0 Å². The lowest BCUT2D eigenvalue weighted by atomic mass is 9.97. The Morgan fingerprint density at radius 3 is 1.94 bits per heavy atom. The highest BCUT2D eigenvalue weighted by Crippen LogP contribution is 2.29. The molecule has 0 atom stereocenters. The molecule has 4 rings (SSSR count). The monoisotopic (exact) mass is 437 g/mol. The fourth-order valence-corrected chi connectivity index (χ4v) is 4.51. The van der Waals surface area contributed by atoms with Crippen molar-refractivity contribution >= 4 is 5.91 Å². The Balaban J connectivity index is 1.63. The van der Waals surface area contributed by atoms with Gasteiger partial charge in [0, 0.05) is 18.3 Å². The lowest BCUT2D eigenvalue weighted by Crippen LogP contribution is -2.32. The third kappa shape index (κ3) is 4.61. The van der Waals surface area contributed by atoms with Crippen molar-refractivity contribution in [1.82, 2.24) is 14.7 Å². The Labute approximate surface area is 196 Å². The molecule has 4 heteroatoms. The van der Waals surface area contributed by atoms with Crippen LogP contribution in [0.5, 0.6) is 0 Å². The first kappa shape index (κ1) is 22.5. The molecule has 0 unspecified atom stereocenters. The molecule has 1 aromatic heterocycles. The molecule has 0 radical (unpaired) electrons. The minimum atomic E-state index is -0.160. The largest absolute Gasteiger partial charge is 0.331 e. The van der Waals surface area contributed by atoms with Gasteiger partial charge in [-0.05, 0) is 61.2 Å². The number of carbonyl (C=O) groups is 1. The van der Waals surface area contributed by atoms with Crippen molar-refractivity contribution in [3.05, 3.63) is 119 Å². The molecule has 0 spiro atoms. The molecule has 0 aliphatic rings. The maximum absolute atomic E-state index is 13.5. The van der Waals surface area contributed by atoms with Crippen LogP contribution in [0.25, 0.3) is 5.69 Å². The summed E-state index contributed by atoms with van der Waals surface area (Å²) in [5, 5.41) is 4.74. The Bertz CT molecular complexity index is 1170. The number of benzene rings is 3. The Morgan fingerprint density at radius 2 is 1.42 bits per heavy atom. The van der Waals surface area contributed by atoms with Gasteiger partial charge in [0.25, 0.3) is 5.91 Å². The van der Waals surface area contributed by atoms with E-state index >= 15 is 0 Å². The average Bonchev–Trinajstić information content (AvgIpc) is 3.14. The Hall–Kier alpha value is -3.66. The maximum atomic E-state index is 13.5. The lowest BCUT2D eigenvalue weighted by molar-refractivity contribution is 0.0755. The van der Waals surface area contributed by atoms with Gasteiger partial charge >= 0.3 is 0 Å². The molecule has 168 valence electrons. The van der Waals surface area contributed by atoms with E-state index in [1.165, 1.54) is 11.3 Å². The fraction of sp³-hybridized carbons (Fsp3) is 0.241. The van der Waals surface area contributed by atoms with Gasteiger partial charge in [0.1, 0.15) is 0 Å². The van der Waals surface area contributed by atoms with Gasteiger partial charge in [-0.1, -0.05) is 74.0 Å². The van der Waals surface area contributed by atoms with Crippen LogP contribution < -0.4 is 0 Å². The summed E-state index contributed by atoms with van der Waals surface area (Å²) in [6.07, 6.45) is 2.12. The van der Waals surface area contributed by atoms with E-state index in [0.717, 1.165) is 35.3 Å². The van der Waals surface area contributed by atoms with Gasteiger partial charge in [-0.25, -0.2) is 4.68 Å². The van der Waals surface area contributed by atoms with Crippen LogP contribution in [0.4, 0.5) is 0 Å². The molecule has 3 aromatic carbocycles. The predicted molar refractivity (Wildman–Crippen MR) is 134 cm³/mol. The van der Waals surface area contributed by atoms with Crippen molar-refractivity contribution < 1.29 is 4.79 Å². The van der Waals surface area contributed by atoms with Crippen LogP contribution in [0.15, 0.2) is 84.9 Å². The highest BCUT2D eigenvalue weighted by Gasteiger charge is 2.24. The summed E-state index contributed by atoms with van der Waals surface area (Å²) in [5.41, 5.74) is 7.35. The highest BCUT2D eigenvalue weighted by molar-refractivity contribution is 5.94. The molecule has 0 N–H and O–H groups in total. The Morgan fingerprint density at radius 1 is 0.879 bits per heavy atom. The summed E-state index contributed by atoms with van der Waals surface area (Å²) in [4.78, 5) is 15.3. The summed E-state index contributed by atoms with van der Waals surface area (Å²) >= 11 is 0. The van der Waals surface area contributed by atoms with E-state index in [9.17, 15) is 4.79 Å². The minimum absolute atomic E-state index is 0.0145. The second kappa shape index (κ2) is 9.86. The molecule has 4 aromatic rings. The smallest absolute Gasteiger partial charge is 0.254 e. The van der Waals surface area contributed by atoms with Gasteiger partial charge in [-0.2, -0.15) is 5.10 Å². The molecular weight excluding hydrogens is 406 g/mol. The summed E-state index contributed by atoms with van der Waals surface area (Å²) in [6, 6.07) is 27.9. The number of hydrogen-bond acceptors (Lipinski definition) is 2. The Kier molecular flexibility index (Phi) is 6.74. The summed E-state index contributed by atoms with van der Waals surface area (Å²) < 4.78 is 1.98. The van der Waals surface area contributed by atoms with E-state index < -0.39 is 0 Å². The standard InChI is InChI=1S/C29H31N3O/c1-5-12-27-21(2)30-32(22(27)3)26-19-17-25(18-20-26)29(33)31(4)28(23-13-8-6-9-14-23)24-15-10-7-11-16-24/h6-11,13-20,28H,5,12H2,1-4H3. The first-order valence-electron chi connectivity index (χ1n) is 11.5. The van der Waals surface area contributed by atoms with E-state index in [1.54, 1.807) is 0 Å². The third-order valence-electron chi connectivity index (χ3n) is 6.24. The molecule has 0 aliphatic carbocycles. The van der Waals surface area contributed by atoms with E-state index in [-0.39, 0.29) is 11.9 Å². The number of carbonyl (C=O) groups excluding carboxylic acids is 1. The number of nitrogens with zero attached hydrogens (tertiary/aromatic N) is 3. The van der Waals surface area contributed by atoms with Crippen molar-refractivity contribution in [3.63, 3.8) is 0 Å². The van der Waals surface area contributed by atoms with Crippen LogP contribution in [-0.2, 0) is 6.42 Å². The zero-order valence-corrected chi connectivity index (χ0v) is 19.8. The average molecular weight is 438 g/mol. The molecular formula is C29H31N3O. The molecule has 0 saturated carbocycles. The predicted octanol–water partition coefficient (Wildman–Crippen LogP) is 6.30. The maximum Gasteiger partial charge on any atom is 0.254 e. The van der Waals surface area contributed by atoms with Crippen LogP contribution in [0.1, 0.15) is 57.8 Å². The number of rotatable bonds is 7. The first-order chi connectivity index (χ1) is 16.0. The van der Waals surface area contributed by atoms with Gasteiger partial charge in [0.2, 0.25) is 0 Å². The minimum Gasteiger partial charge on any atom is -0.331 e. The quantitative estimate of drug-likeness (QED) is 0.340. The highest BCUT2D eigenvalue weighted by atomic mass is 16.2. The lowest BCUT2D eigenvalue weighted by Gasteiger charge is -2.29. The third-order valence-corrected chi connectivity index (χ3v) is 6.24. The van der Waals surface area contributed by atoms with Crippen molar-refractivity contribution in [2.75, 3.05) is 7.05 Å². The van der Waals surface area contributed by atoms with Crippen LogP contribution in [0.2, 0.25) is 0 Å². The van der Waals surface area contributed by atoms with Crippen molar-refractivity contribution in [1.29, 1.82) is 0 Å². The zero-order valence-electron chi connectivity index (χ0n) is 19.8. The van der Waals surface area contributed by atoms with E-state index in [1.807, 2.05) is 77.3 Å². The second-order valence-electron chi connectivity index (χ2n) is 8.50. The normalized spacial score (nSPS) is 11.1. The first-order valence-corrected chi connectivity index (χ1v) is 11.5. The van der Waals surface area contributed by atoms with Gasteiger partial charge < -0.3 is 4.90 Å². The molecule has 1 amide bonds. The number of amides is 1. The summed E-state index contributed by atoms with van der Waals surface area (Å²) in [7, 11) is 1.87. The SMILES string of the molecule is CCCc1c(C)nn(-c2ccc(C(=O)N(C)C(c3ccccc3)c3ccccc3)cc2)c1C. The van der Waals surface area contributed by atoms with Crippen molar-refractivity contribution in [2.24, 2.45) is 0 Å². The fourth-order valence-electron chi connectivity index (χ4n) is 4.51. The molecule has 0 saturated heterocycles. The van der Waals surface area contributed by atoms with Crippen LogP contribution in [0, 0.1) is 13.8 Å². The van der Waals surface area contributed by atoms with Crippen molar-refractivity contribution in [3.8, 4) is 5.69 Å². The molecule has 1 heterocycles. The molecule has 0 fully saturated rings. The number of hydrogen-bond donors (Lipinski definition) is 0. The topological polar surface area (TPSA) is 38.1 Å². The van der Waals surface area contributed by atoms with Crippen LogP contribution >= 0.6 is 0 Å². The molecule has 0 bridgehead atoms. The van der Waals surface area contributed by atoms with E-state index in [0.29, 0.717) is 5.56 Å². The molecule has 0 aliphatic heterocycles. The molecule has 4 nitrogen and oxygen atoms in total. The van der Waals surface area contributed by atoms with Crippen LogP contribution in [-0.4, -0.2) is 27.6 Å².